The number of furan rings is 1. The molecule has 0 saturated carbocycles. The van der Waals surface area contributed by atoms with E-state index in [1.807, 2.05) is 0 Å². The molecule has 1 aliphatic heterocycles. The monoisotopic (exact) mass is 398 g/mol. The fraction of sp³-hybridized carbons (Fsp3) is 0. The molecule has 28 heavy (non-hydrogen) atoms. The summed E-state index contributed by atoms with van der Waals surface area (Å²) in [5.41, 5.74) is 5.81. The molecular formula is C16H10N6O5S. The molecule has 1 aromatic carbocycles. The van der Waals surface area contributed by atoms with Crippen LogP contribution in [0.5, 0.6) is 0 Å². The summed E-state index contributed by atoms with van der Waals surface area (Å²) in [7, 11) is 0. The van der Waals surface area contributed by atoms with Crippen LogP contribution < -0.4 is 10.6 Å². The Bertz CT molecular complexity index is 1150. The summed E-state index contributed by atoms with van der Waals surface area (Å²) in [6.07, 6.45) is 1.43. The highest BCUT2D eigenvalue weighted by Gasteiger charge is 2.37. The van der Waals surface area contributed by atoms with Gasteiger partial charge in [-0.1, -0.05) is 12.1 Å². The molecule has 3 aromatic rings. The first-order valence-electron chi connectivity index (χ1n) is 7.70. The van der Waals surface area contributed by atoms with Gasteiger partial charge in [0.15, 0.2) is 5.17 Å². The van der Waals surface area contributed by atoms with Crippen molar-refractivity contribution in [2.24, 2.45) is 0 Å². The van der Waals surface area contributed by atoms with E-state index in [0.717, 1.165) is 16.7 Å². The fourth-order valence-corrected chi connectivity index (χ4v) is 3.39. The van der Waals surface area contributed by atoms with E-state index in [1.54, 1.807) is 30.3 Å². The van der Waals surface area contributed by atoms with Gasteiger partial charge in [-0.3, -0.25) is 20.3 Å². The molecule has 2 aromatic heterocycles. The fourth-order valence-electron chi connectivity index (χ4n) is 2.57. The van der Waals surface area contributed by atoms with Crippen LogP contribution in [0.1, 0.15) is 5.76 Å². The minimum Gasteiger partial charge on any atom is -0.456 e. The molecule has 3 heterocycles. The van der Waals surface area contributed by atoms with Crippen molar-refractivity contribution in [1.29, 1.82) is 5.41 Å². The number of thioether (sulfide) groups is 1. The minimum absolute atomic E-state index is 0.0639. The third-order valence-corrected chi connectivity index (χ3v) is 4.69. The number of nitrogen functional groups attached to an aromatic ring is 1. The number of nitrogens with one attached hydrogen (secondary N) is 1. The summed E-state index contributed by atoms with van der Waals surface area (Å²) >= 11 is 0.884. The van der Waals surface area contributed by atoms with Crippen LogP contribution in [0.25, 0.3) is 17.4 Å². The molecule has 0 atom stereocenters. The number of nitrogens with two attached hydrogens (primary N) is 1. The normalized spacial score (nSPS) is 15.6. The molecular weight excluding hydrogens is 388 g/mol. The molecule has 0 spiro atoms. The zero-order valence-electron chi connectivity index (χ0n) is 13.9. The number of nitro groups is 1. The van der Waals surface area contributed by atoms with E-state index in [-0.39, 0.29) is 33.2 Å². The number of rotatable bonds is 4. The van der Waals surface area contributed by atoms with Gasteiger partial charge in [-0.15, -0.1) is 0 Å². The third-order valence-electron chi connectivity index (χ3n) is 3.80. The van der Waals surface area contributed by atoms with Gasteiger partial charge < -0.3 is 10.2 Å². The molecule has 0 unspecified atom stereocenters. The number of hydrogen-bond donors (Lipinski definition) is 2. The van der Waals surface area contributed by atoms with Crippen LogP contribution in [0.2, 0.25) is 0 Å². The SMILES string of the molecule is N=C1S/C(=C/c2ccc(-c3ccccc3[N+](=O)[O-])o2)C(=O)N1c1nonc1N. The van der Waals surface area contributed by atoms with Gasteiger partial charge in [0, 0.05) is 12.1 Å². The van der Waals surface area contributed by atoms with Gasteiger partial charge in [0.1, 0.15) is 11.5 Å². The van der Waals surface area contributed by atoms with E-state index >= 15 is 0 Å². The van der Waals surface area contributed by atoms with E-state index in [1.165, 1.54) is 12.1 Å². The van der Waals surface area contributed by atoms with E-state index in [2.05, 4.69) is 14.9 Å². The number of carbonyl (C=O) groups is 1. The van der Waals surface area contributed by atoms with Gasteiger partial charge in [0.25, 0.3) is 11.6 Å². The van der Waals surface area contributed by atoms with Gasteiger partial charge in [-0.25, -0.2) is 9.53 Å². The van der Waals surface area contributed by atoms with Gasteiger partial charge in [-0.2, -0.15) is 0 Å². The molecule has 3 N–H and O–H groups in total. The predicted octanol–water partition coefficient (Wildman–Crippen LogP) is 2.88. The summed E-state index contributed by atoms with van der Waals surface area (Å²) in [5, 5.41) is 26.0. The number of nitrogens with zero attached hydrogens (tertiary/aromatic N) is 4. The topological polar surface area (TPSA) is 165 Å². The lowest BCUT2D eigenvalue weighted by Gasteiger charge is -2.08. The predicted molar refractivity (Wildman–Crippen MR) is 100 cm³/mol. The molecule has 1 aliphatic rings. The quantitative estimate of drug-likeness (QED) is 0.381. The van der Waals surface area contributed by atoms with Crippen LogP contribution in [0, 0.1) is 15.5 Å². The number of nitro benzene ring substituents is 1. The van der Waals surface area contributed by atoms with E-state index < -0.39 is 10.8 Å². The molecule has 11 nitrogen and oxygen atoms in total. The Labute approximate surface area is 160 Å². The van der Waals surface area contributed by atoms with Crippen molar-refractivity contribution in [2.75, 3.05) is 10.6 Å². The van der Waals surface area contributed by atoms with E-state index in [9.17, 15) is 14.9 Å². The maximum atomic E-state index is 12.6. The highest BCUT2D eigenvalue weighted by Crippen LogP contribution is 2.37. The molecule has 12 heteroatoms. The Kier molecular flexibility index (Phi) is 4.16. The van der Waals surface area contributed by atoms with Crippen LogP contribution in [-0.4, -0.2) is 26.3 Å². The standard InChI is InChI=1S/C16H10N6O5S/c17-13-14(20-27-19-13)21-15(23)12(28-16(21)18)7-8-5-6-11(26-8)9-3-1-2-4-10(9)22(24)25/h1-7,18H,(H2,17,19)/b12-7+,18-16?. The number of benzene rings is 1. The average Bonchev–Trinajstić information content (AvgIpc) is 3.36. The number of anilines is 2. The highest BCUT2D eigenvalue weighted by molar-refractivity contribution is 8.19. The van der Waals surface area contributed by atoms with Gasteiger partial charge in [0.05, 0.1) is 15.4 Å². The number of para-hydroxylation sites is 1. The smallest absolute Gasteiger partial charge is 0.280 e. The van der Waals surface area contributed by atoms with E-state index in [4.69, 9.17) is 15.6 Å². The summed E-state index contributed by atoms with van der Waals surface area (Å²) in [4.78, 5) is 24.4. The van der Waals surface area contributed by atoms with Crippen molar-refractivity contribution >= 4 is 46.2 Å². The first-order valence-corrected chi connectivity index (χ1v) is 8.51. The number of amides is 1. The molecule has 1 amide bonds. The molecule has 140 valence electrons. The Morgan fingerprint density at radius 3 is 2.75 bits per heavy atom. The lowest BCUT2D eigenvalue weighted by atomic mass is 10.1. The second-order valence-corrected chi connectivity index (χ2v) is 6.54. The summed E-state index contributed by atoms with van der Waals surface area (Å²) < 4.78 is 10.1. The maximum absolute atomic E-state index is 12.6. The van der Waals surface area contributed by atoms with Gasteiger partial charge in [-0.05, 0) is 40.3 Å². The Morgan fingerprint density at radius 1 is 1.25 bits per heavy atom. The number of aromatic nitrogens is 2. The summed E-state index contributed by atoms with van der Waals surface area (Å²) in [5.74, 6) is -0.139. The van der Waals surface area contributed by atoms with Crippen molar-refractivity contribution in [3.63, 3.8) is 0 Å². The van der Waals surface area contributed by atoms with Crippen molar-refractivity contribution in [2.45, 2.75) is 0 Å². The molecule has 0 radical (unpaired) electrons. The Balaban J connectivity index is 1.65. The zero-order valence-corrected chi connectivity index (χ0v) is 14.7. The average molecular weight is 398 g/mol. The highest BCUT2D eigenvalue weighted by atomic mass is 32.2. The number of amidine groups is 1. The first-order chi connectivity index (χ1) is 13.5. The molecule has 4 rings (SSSR count). The van der Waals surface area contributed by atoms with Crippen molar-refractivity contribution < 1.29 is 18.8 Å². The molecule has 1 saturated heterocycles. The van der Waals surface area contributed by atoms with Crippen LogP contribution >= 0.6 is 11.8 Å². The molecule has 0 bridgehead atoms. The molecule has 1 fully saturated rings. The van der Waals surface area contributed by atoms with Crippen molar-refractivity contribution in [3.8, 4) is 11.3 Å². The maximum Gasteiger partial charge on any atom is 0.280 e. The Hall–Kier alpha value is -3.93. The summed E-state index contributed by atoms with van der Waals surface area (Å²) in [6, 6.07) is 9.32. The summed E-state index contributed by atoms with van der Waals surface area (Å²) in [6.45, 7) is 0. The van der Waals surface area contributed by atoms with Crippen LogP contribution in [0.4, 0.5) is 17.3 Å². The van der Waals surface area contributed by atoms with Crippen molar-refractivity contribution in [1.82, 2.24) is 10.3 Å². The van der Waals surface area contributed by atoms with Gasteiger partial charge in [0.2, 0.25) is 11.6 Å². The second kappa shape index (κ2) is 6.66. The largest absolute Gasteiger partial charge is 0.456 e. The van der Waals surface area contributed by atoms with Gasteiger partial charge >= 0.3 is 0 Å². The third kappa shape index (κ3) is 2.91. The number of hydrogen-bond acceptors (Lipinski definition) is 10. The van der Waals surface area contributed by atoms with E-state index in [0.29, 0.717) is 11.3 Å². The number of carbonyl (C=O) groups excluding carboxylic acids is 1. The van der Waals surface area contributed by atoms with Crippen LogP contribution in [0.15, 0.2) is 50.3 Å². The van der Waals surface area contributed by atoms with Crippen LogP contribution in [-0.2, 0) is 4.79 Å². The first kappa shape index (κ1) is 17.5. The zero-order chi connectivity index (χ0) is 19.8. The minimum atomic E-state index is -0.541. The molecule has 0 aliphatic carbocycles. The van der Waals surface area contributed by atoms with Crippen LogP contribution in [0.3, 0.4) is 0 Å². The Morgan fingerprint density at radius 2 is 2.04 bits per heavy atom. The lowest BCUT2D eigenvalue weighted by molar-refractivity contribution is -0.384. The van der Waals surface area contributed by atoms with Crippen molar-refractivity contribution in [3.05, 3.63) is 57.2 Å². The lowest BCUT2D eigenvalue weighted by Crippen LogP contribution is -2.29. The second-order valence-electron chi connectivity index (χ2n) is 5.51.